The topological polar surface area (TPSA) is 35.0 Å². The third-order valence-electron chi connectivity index (χ3n) is 7.76. The summed E-state index contributed by atoms with van der Waals surface area (Å²) in [6.45, 7) is 4.20. The highest BCUT2D eigenvalue weighted by Gasteiger charge is 2.47. The third-order valence-corrected chi connectivity index (χ3v) is 7.76. The highest BCUT2D eigenvalue weighted by molar-refractivity contribution is 5.70. The smallest absolute Gasteiger partial charge is 0.132 e. The molecule has 0 spiro atoms. The van der Waals surface area contributed by atoms with Gasteiger partial charge in [0, 0.05) is 22.3 Å². The van der Waals surface area contributed by atoms with Crippen molar-refractivity contribution >= 4 is 0 Å². The molecule has 7 rings (SSSR count). The van der Waals surface area contributed by atoms with E-state index in [-0.39, 0.29) is 0 Å². The molecule has 3 heterocycles. The van der Waals surface area contributed by atoms with Crippen molar-refractivity contribution in [2.45, 2.75) is 19.3 Å². The fourth-order valence-corrected chi connectivity index (χ4v) is 5.73. The maximum atomic E-state index is 6.48. The van der Waals surface area contributed by atoms with Crippen LogP contribution in [-0.2, 0) is 5.41 Å². The van der Waals surface area contributed by atoms with Crippen molar-refractivity contribution in [3.8, 4) is 34.0 Å². The normalized spacial score (nSPS) is 13.2. The summed E-state index contributed by atoms with van der Waals surface area (Å²) in [5.41, 5.74) is 9.53. The largest absolute Gasteiger partial charge is 0.457 e. The minimum atomic E-state index is -0.785. The van der Waals surface area contributed by atoms with Crippen LogP contribution in [0, 0.1) is 13.8 Å². The average Bonchev–Trinajstić information content (AvgIpc) is 3.01. The van der Waals surface area contributed by atoms with Gasteiger partial charge in [0.2, 0.25) is 0 Å². The summed E-state index contributed by atoms with van der Waals surface area (Å²) in [7, 11) is 0. The second kappa shape index (κ2) is 9.62. The number of para-hydroxylation sites is 2. The van der Waals surface area contributed by atoms with Crippen LogP contribution in [0.1, 0.15) is 33.6 Å². The van der Waals surface area contributed by atoms with Gasteiger partial charge in [0.1, 0.15) is 16.9 Å². The Morgan fingerprint density at radius 2 is 0.875 bits per heavy atom. The van der Waals surface area contributed by atoms with Crippen LogP contribution in [-0.4, -0.2) is 9.97 Å². The summed E-state index contributed by atoms with van der Waals surface area (Å²) in [6.07, 6.45) is 0. The molecule has 2 aromatic heterocycles. The van der Waals surface area contributed by atoms with E-state index in [1.807, 2.05) is 24.3 Å². The number of rotatable bonds is 4. The van der Waals surface area contributed by atoms with Crippen molar-refractivity contribution in [3.63, 3.8) is 0 Å². The van der Waals surface area contributed by atoms with Gasteiger partial charge in [0.05, 0.1) is 22.8 Å². The molecule has 0 radical (unpaired) electrons. The average molecular weight is 517 g/mol. The molecule has 0 unspecified atom stereocenters. The van der Waals surface area contributed by atoms with E-state index in [1.165, 1.54) is 11.1 Å². The van der Waals surface area contributed by atoms with E-state index in [0.717, 1.165) is 56.5 Å². The second-order valence-electron chi connectivity index (χ2n) is 10.4. The van der Waals surface area contributed by atoms with Crippen LogP contribution in [0.3, 0.4) is 0 Å². The number of benzene rings is 4. The number of ether oxygens (including phenoxy) is 1. The quantitative estimate of drug-likeness (QED) is 0.234. The minimum absolute atomic E-state index is 0.785. The Morgan fingerprint density at radius 3 is 1.32 bits per heavy atom. The second-order valence-corrected chi connectivity index (χ2v) is 10.4. The van der Waals surface area contributed by atoms with Gasteiger partial charge in [-0.1, -0.05) is 108 Å². The number of nitrogens with zero attached hydrogens (tertiary/aromatic N) is 2. The van der Waals surface area contributed by atoms with E-state index in [4.69, 9.17) is 14.7 Å². The van der Waals surface area contributed by atoms with Gasteiger partial charge >= 0.3 is 0 Å². The lowest BCUT2D eigenvalue weighted by Gasteiger charge is -2.39. The lowest BCUT2D eigenvalue weighted by molar-refractivity contribution is 0.430. The highest BCUT2D eigenvalue weighted by atomic mass is 16.5. The predicted molar refractivity (Wildman–Crippen MR) is 161 cm³/mol. The molecule has 1 aliphatic heterocycles. The van der Waals surface area contributed by atoms with Crippen molar-refractivity contribution < 1.29 is 4.74 Å². The van der Waals surface area contributed by atoms with Gasteiger partial charge in [-0.2, -0.15) is 0 Å². The molecule has 192 valence electrons. The van der Waals surface area contributed by atoms with Gasteiger partial charge in [0.15, 0.2) is 0 Å². The van der Waals surface area contributed by atoms with Gasteiger partial charge in [0.25, 0.3) is 0 Å². The molecule has 6 aromatic rings. The summed E-state index contributed by atoms with van der Waals surface area (Å²) >= 11 is 0. The van der Waals surface area contributed by atoms with Gasteiger partial charge in [-0.3, -0.25) is 9.97 Å². The Labute approximate surface area is 234 Å². The summed E-state index contributed by atoms with van der Waals surface area (Å²) in [6, 6.07) is 46.2. The van der Waals surface area contributed by atoms with Crippen molar-refractivity contribution in [2.75, 3.05) is 0 Å². The Kier molecular flexibility index (Phi) is 5.78. The summed E-state index contributed by atoms with van der Waals surface area (Å²) in [5.74, 6) is 1.62. The van der Waals surface area contributed by atoms with Crippen LogP contribution < -0.4 is 4.74 Å². The number of pyridine rings is 2. The van der Waals surface area contributed by atoms with Crippen LogP contribution in [0.4, 0.5) is 0 Å². The third kappa shape index (κ3) is 3.90. The van der Waals surface area contributed by atoms with Crippen LogP contribution >= 0.6 is 0 Å². The number of fused-ring (bicyclic) bond motifs is 2. The molecule has 0 amide bonds. The molecule has 0 bridgehead atoms. The van der Waals surface area contributed by atoms with E-state index >= 15 is 0 Å². The molecule has 0 fully saturated rings. The number of hydrogen-bond donors (Lipinski definition) is 0. The molecule has 0 saturated carbocycles. The molecular formula is C37H28N2O. The lowest BCUT2D eigenvalue weighted by atomic mass is 9.67. The first-order valence-corrected chi connectivity index (χ1v) is 13.6. The maximum Gasteiger partial charge on any atom is 0.132 e. The van der Waals surface area contributed by atoms with Gasteiger partial charge in [-0.25, -0.2) is 0 Å². The molecule has 3 heteroatoms. The molecule has 0 aliphatic carbocycles. The Bertz CT molecular complexity index is 1700. The zero-order chi connectivity index (χ0) is 27.1. The van der Waals surface area contributed by atoms with E-state index in [0.29, 0.717) is 0 Å². The van der Waals surface area contributed by atoms with Crippen LogP contribution in [0.15, 0.2) is 133 Å². The summed E-state index contributed by atoms with van der Waals surface area (Å²) < 4.78 is 6.48. The number of aromatic nitrogens is 2. The first-order valence-electron chi connectivity index (χ1n) is 13.6. The first-order chi connectivity index (χ1) is 19.6. The highest BCUT2D eigenvalue weighted by Crippen LogP contribution is 2.54. The standard InChI is InChI=1S/C37H28N2O/c1-25-17-21-27(22-18-25)31-11-7-15-35(38-31)37(36-16-8-12-32(39-36)28-23-19-26(2)20-24-28)29-9-3-5-13-33(29)40-34-14-6-4-10-30(34)37/h3-24H,1-2H3. The zero-order valence-electron chi connectivity index (χ0n) is 22.5. The molecule has 0 atom stereocenters. The summed E-state index contributed by atoms with van der Waals surface area (Å²) in [5, 5.41) is 0. The Hall–Kier alpha value is -5.02. The Morgan fingerprint density at radius 1 is 0.450 bits per heavy atom. The van der Waals surface area contributed by atoms with E-state index < -0.39 is 5.41 Å². The van der Waals surface area contributed by atoms with Crippen LogP contribution in [0.5, 0.6) is 11.5 Å². The SMILES string of the molecule is Cc1ccc(-c2cccc(C3(c4cccc(-c5ccc(C)cc5)n4)c4ccccc4Oc4ccccc43)n2)cc1. The fourth-order valence-electron chi connectivity index (χ4n) is 5.73. The predicted octanol–water partition coefficient (Wildman–Crippen LogP) is 8.92. The molecule has 0 N–H and O–H groups in total. The lowest BCUT2D eigenvalue weighted by Crippen LogP contribution is -2.36. The maximum absolute atomic E-state index is 6.48. The van der Waals surface area contributed by atoms with E-state index in [2.05, 4.69) is 123 Å². The van der Waals surface area contributed by atoms with Crippen molar-refractivity contribution in [2.24, 2.45) is 0 Å². The molecular weight excluding hydrogens is 488 g/mol. The van der Waals surface area contributed by atoms with Crippen LogP contribution in [0.25, 0.3) is 22.5 Å². The molecule has 4 aromatic carbocycles. The molecule has 3 nitrogen and oxygen atoms in total. The molecule has 0 saturated heterocycles. The number of aryl methyl sites for hydroxylation is 2. The van der Waals surface area contributed by atoms with Crippen LogP contribution in [0.2, 0.25) is 0 Å². The van der Waals surface area contributed by atoms with Gasteiger partial charge in [-0.15, -0.1) is 0 Å². The Balaban J connectivity index is 1.54. The first kappa shape index (κ1) is 24.1. The van der Waals surface area contributed by atoms with E-state index in [1.54, 1.807) is 0 Å². The zero-order valence-corrected chi connectivity index (χ0v) is 22.5. The monoisotopic (exact) mass is 516 g/mol. The molecule has 1 aliphatic rings. The summed E-state index contributed by atoms with van der Waals surface area (Å²) in [4.78, 5) is 10.7. The van der Waals surface area contributed by atoms with Crippen molar-refractivity contribution in [1.82, 2.24) is 9.97 Å². The molecule has 40 heavy (non-hydrogen) atoms. The van der Waals surface area contributed by atoms with Crippen molar-refractivity contribution in [1.29, 1.82) is 0 Å². The van der Waals surface area contributed by atoms with E-state index in [9.17, 15) is 0 Å². The van der Waals surface area contributed by atoms with Gasteiger partial charge < -0.3 is 4.74 Å². The number of hydrogen-bond acceptors (Lipinski definition) is 3. The van der Waals surface area contributed by atoms with Crippen molar-refractivity contribution in [3.05, 3.63) is 167 Å². The minimum Gasteiger partial charge on any atom is -0.457 e. The fraction of sp³-hybridized carbons (Fsp3) is 0.0811. The van der Waals surface area contributed by atoms with Gasteiger partial charge in [-0.05, 0) is 50.2 Å².